The molecule has 6 heteroatoms. The van der Waals surface area contributed by atoms with Crippen molar-refractivity contribution in [3.63, 3.8) is 0 Å². The van der Waals surface area contributed by atoms with E-state index < -0.39 is 5.91 Å². The summed E-state index contributed by atoms with van der Waals surface area (Å²) >= 11 is 6.12. The van der Waals surface area contributed by atoms with Crippen LogP contribution in [0.25, 0.3) is 0 Å². The molecule has 0 radical (unpaired) electrons. The topological polar surface area (TPSA) is 66.5 Å². The lowest BCUT2D eigenvalue weighted by Crippen LogP contribution is -2.30. The number of amides is 3. The van der Waals surface area contributed by atoms with Crippen LogP contribution in [-0.4, -0.2) is 17.7 Å². The number of carbonyl (C=O) groups excluding carboxylic acids is 3. The predicted molar refractivity (Wildman–Crippen MR) is 116 cm³/mol. The lowest BCUT2D eigenvalue weighted by Gasteiger charge is -2.17. The number of benzene rings is 3. The van der Waals surface area contributed by atoms with Crippen LogP contribution >= 0.6 is 11.6 Å². The second kappa shape index (κ2) is 7.76. The summed E-state index contributed by atoms with van der Waals surface area (Å²) in [5.74, 6) is -1.15. The van der Waals surface area contributed by atoms with Gasteiger partial charge >= 0.3 is 0 Å². The van der Waals surface area contributed by atoms with E-state index in [1.54, 1.807) is 12.1 Å². The quantitative estimate of drug-likeness (QED) is 0.625. The van der Waals surface area contributed by atoms with E-state index in [-0.39, 0.29) is 23.9 Å². The molecule has 0 aromatic heterocycles. The maximum Gasteiger partial charge on any atom is 0.266 e. The van der Waals surface area contributed by atoms with Crippen molar-refractivity contribution in [2.45, 2.75) is 20.4 Å². The van der Waals surface area contributed by atoms with Gasteiger partial charge in [0.05, 0.1) is 16.8 Å². The molecule has 3 aromatic carbocycles. The summed E-state index contributed by atoms with van der Waals surface area (Å²) in [4.78, 5) is 39.7. The van der Waals surface area contributed by atoms with Crippen LogP contribution < -0.4 is 10.2 Å². The van der Waals surface area contributed by atoms with E-state index in [0.717, 1.165) is 16.7 Å². The van der Waals surface area contributed by atoms with Gasteiger partial charge in [-0.15, -0.1) is 0 Å². The lowest BCUT2D eigenvalue weighted by molar-refractivity contribution is 0.0923. The highest BCUT2D eigenvalue weighted by atomic mass is 35.5. The van der Waals surface area contributed by atoms with Crippen LogP contribution in [0.15, 0.2) is 60.7 Å². The number of anilines is 1. The van der Waals surface area contributed by atoms with Gasteiger partial charge in [0, 0.05) is 17.1 Å². The normalized spacial score (nSPS) is 12.8. The van der Waals surface area contributed by atoms with Crippen LogP contribution in [0.2, 0.25) is 5.02 Å². The van der Waals surface area contributed by atoms with Crippen molar-refractivity contribution in [2.24, 2.45) is 0 Å². The first-order valence-corrected chi connectivity index (χ1v) is 9.86. The minimum atomic E-state index is -0.426. The average Bonchev–Trinajstić information content (AvgIpc) is 2.99. The number of aryl methyl sites for hydroxylation is 2. The summed E-state index contributed by atoms with van der Waals surface area (Å²) in [6, 6.07) is 17.4. The zero-order valence-corrected chi connectivity index (χ0v) is 17.3. The Balaban J connectivity index is 1.59. The third-order valence-electron chi connectivity index (χ3n) is 5.15. The Kier molecular flexibility index (Phi) is 5.14. The van der Waals surface area contributed by atoms with E-state index in [0.29, 0.717) is 21.8 Å². The van der Waals surface area contributed by atoms with Crippen molar-refractivity contribution < 1.29 is 14.4 Å². The number of halogens is 1. The molecule has 0 atom stereocenters. The molecule has 30 heavy (non-hydrogen) atoms. The number of nitrogens with zero attached hydrogens (tertiary/aromatic N) is 1. The monoisotopic (exact) mass is 418 g/mol. The molecule has 0 saturated heterocycles. The second-order valence-corrected chi connectivity index (χ2v) is 7.68. The van der Waals surface area contributed by atoms with E-state index in [1.165, 1.54) is 17.0 Å². The molecule has 0 unspecified atom stereocenters. The summed E-state index contributed by atoms with van der Waals surface area (Å²) in [5.41, 5.74) is 3.96. The molecule has 1 aliphatic rings. The summed E-state index contributed by atoms with van der Waals surface area (Å²) < 4.78 is 0. The zero-order valence-electron chi connectivity index (χ0n) is 16.5. The van der Waals surface area contributed by atoms with Gasteiger partial charge in [0.1, 0.15) is 0 Å². The first-order valence-electron chi connectivity index (χ1n) is 9.48. The molecule has 0 saturated carbocycles. The van der Waals surface area contributed by atoms with Crippen LogP contribution in [0, 0.1) is 13.8 Å². The maximum absolute atomic E-state index is 13.0. The maximum atomic E-state index is 13.0. The van der Waals surface area contributed by atoms with Gasteiger partial charge in [-0.05, 0) is 60.9 Å². The molecule has 0 bridgehead atoms. The first-order chi connectivity index (χ1) is 14.4. The number of rotatable bonds is 4. The highest BCUT2D eigenvalue weighted by Crippen LogP contribution is 2.31. The van der Waals surface area contributed by atoms with Crippen LogP contribution in [-0.2, 0) is 6.54 Å². The summed E-state index contributed by atoms with van der Waals surface area (Å²) in [7, 11) is 0. The van der Waals surface area contributed by atoms with Crippen molar-refractivity contribution in [1.29, 1.82) is 0 Å². The van der Waals surface area contributed by atoms with Gasteiger partial charge in [-0.2, -0.15) is 0 Å². The Morgan fingerprint density at radius 3 is 2.43 bits per heavy atom. The fourth-order valence-electron chi connectivity index (χ4n) is 3.48. The third-order valence-corrected chi connectivity index (χ3v) is 5.52. The Hall–Kier alpha value is -3.44. The van der Waals surface area contributed by atoms with Gasteiger partial charge in [-0.3, -0.25) is 14.4 Å². The summed E-state index contributed by atoms with van der Waals surface area (Å²) in [6.45, 7) is 4.02. The first kappa shape index (κ1) is 19.9. The van der Waals surface area contributed by atoms with Crippen LogP contribution in [0.3, 0.4) is 0 Å². The third kappa shape index (κ3) is 3.48. The molecule has 1 heterocycles. The van der Waals surface area contributed by atoms with E-state index in [1.807, 2.05) is 50.2 Å². The van der Waals surface area contributed by atoms with E-state index in [2.05, 4.69) is 5.32 Å². The van der Waals surface area contributed by atoms with Gasteiger partial charge in [0.2, 0.25) is 0 Å². The van der Waals surface area contributed by atoms with Crippen LogP contribution in [0.5, 0.6) is 0 Å². The fourth-order valence-corrected chi connectivity index (χ4v) is 3.68. The Bertz CT molecular complexity index is 1200. The number of nitrogens with one attached hydrogen (secondary N) is 1. The largest absolute Gasteiger partial charge is 0.348 e. The van der Waals surface area contributed by atoms with Crippen molar-refractivity contribution in [3.05, 3.63) is 99.1 Å². The molecule has 0 aliphatic carbocycles. The minimum absolute atomic E-state index is 0.228. The highest BCUT2D eigenvalue weighted by Gasteiger charge is 2.37. The zero-order chi connectivity index (χ0) is 21.4. The molecule has 5 nitrogen and oxygen atoms in total. The fraction of sp³-hybridized carbons (Fsp3) is 0.125. The number of hydrogen-bond acceptors (Lipinski definition) is 3. The Labute approximate surface area is 179 Å². The van der Waals surface area contributed by atoms with Gasteiger partial charge in [-0.1, -0.05) is 41.9 Å². The van der Waals surface area contributed by atoms with Gasteiger partial charge in [0.15, 0.2) is 0 Å². The Morgan fingerprint density at radius 2 is 1.67 bits per heavy atom. The molecule has 4 rings (SSSR count). The SMILES string of the molecule is Cc1ccc(C)c(N2C(=O)c3ccc(C(=O)NCc4ccccc4Cl)cc3C2=O)c1. The van der Waals surface area contributed by atoms with E-state index >= 15 is 0 Å². The van der Waals surface area contributed by atoms with Crippen molar-refractivity contribution >= 4 is 35.0 Å². The molecule has 150 valence electrons. The van der Waals surface area contributed by atoms with Crippen molar-refractivity contribution in [2.75, 3.05) is 4.90 Å². The summed E-state index contributed by atoms with van der Waals surface area (Å²) in [6.07, 6.45) is 0. The van der Waals surface area contributed by atoms with Gasteiger partial charge < -0.3 is 5.32 Å². The predicted octanol–water partition coefficient (Wildman–Crippen LogP) is 4.69. The average molecular weight is 419 g/mol. The molecule has 1 aliphatic heterocycles. The standard InChI is InChI=1S/C24H19ClN2O3/c1-14-7-8-15(2)21(11-14)27-23(29)18-10-9-16(12-19(18)24(27)30)22(28)26-13-17-5-3-4-6-20(17)25/h3-12H,13H2,1-2H3,(H,26,28). The van der Waals surface area contributed by atoms with Crippen LogP contribution in [0.4, 0.5) is 5.69 Å². The molecule has 3 aromatic rings. The van der Waals surface area contributed by atoms with Crippen LogP contribution in [0.1, 0.15) is 47.8 Å². The number of imide groups is 1. The molecule has 3 amide bonds. The van der Waals surface area contributed by atoms with Gasteiger partial charge in [0.25, 0.3) is 17.7 Å². The molecular weight excluding hydrogens is 400 g/mol. The number of carbonyl (C=O) groups is 3. The summed E-state index contributed by atoms with van der Waals surface area (Å²) in [5, 5.41) is 3.37. The van der Waals surface area contributed by atoms with Gasteiger partial charge in [-0.25, -0.2) is 4.90 Å². The van der Waals surface area contributed by atoms with Crippen molar-refractivity contribution in [1.82, 2.24) is 5.32 Å². The number of hydrogen-bond donors (Lipinski definition) is 1. The lowest BCUT2D eigenvalue weighted by atomic mass is 10.1. The smallest absolute Gasteiger partial charge is 0.266 e. The molecule has 1 N–H and O–H groups in total. The highest BCUT2D eigenvalue weighted by molar-refractivity contribution is 6.35. The van der Waals surface area contributed by atoms with E-state index in [4.69, 9.17) is 11.6 Å². The number of fused-ring (bicyclic) bond motifs is 1. The molecular formula is C24H19ClN2O3. The minimum Gasteiger partial charge on any atom is -0.348 e. The Morgan fingerprint density at radius 1 is 0.933 bits per heavy atom. The van der Waals surface area contributed by atoms with E-state index in [9.17, 15) is 14.4 Å². The molecule has 0 spiro atoms. The molecule has 0 fully saturated rings. The second-order valence-electron chi connectivity index (χ2n) is 7.27. The van der Waals surface area contributed by atoms with Crippen molar-refractivity contribution in [3.8, 4) is 0 Å².